The van der Waals surface area contributed by atoms with Crippen LogP contribution in [0.15, 0.2) is 10.6 Å². The van der Waals surface area contributed by atoms with Crippen LogP contribution < -0.4 is 5.32 Å². The fourth-order valence-corrected chi connectivity index (χ4v) is 4.28. The van der Waals surface area contributed by atoms with Crippen LogP contribution in [-0.4, -0.2) is 35.0 Å². The molecule has 2 aliphatic rings. The molecule has 1 aliphatic carbocycles. The van der Waals surface area contributed by atoms with Gasteiger partial charge in [-0.3, -0.25) is 9.59 Å². The van der Waals surface area contributed by atoms with E-state index in [1.54, 1.807) is 0 Å². The predicted octanol–water partition coefficient (Wildman–Crippen LogP) is 3.45. The van der Waals surface area contributed by atoms with Crippen molar-refractivity contribution in [1.29, 1.82) is 0 Å². The molecule has 0 unspecified atom stereocenters. The Morgan fingerprint density at radius 3 is 2.48 bits per heavy atom. The fraction of sp³-hybridized carbons (Fsp3) is 0.762. The second-order valence-corrected chi connectivity index (χ2v) is 8.15. The van der Waals surface area contributed by atoms with Gasteiger partial charge in [0.05, 0.1) is 12.2 Å². The molecule has 150 valence electrons. The lowest BCUT2D eigenvalue weighted by atomic mass is 9.86. The van der Waals surface area contributed by atoms with E-state index >= 15 is 0 Å². The third-order valence-electron chi connectivity index (χ3n) is 6.06. The van der Waals surface area contributed by atoms with E-state index in [4.69, 9.17) is 4.52 Å². The third kappa shape index (κ3) is 6.08. The van der Waals surface area contributed by atoms with Crippen LogP contribution >= 0.6 is 0 Å². The number of likely N-dealkylation sites (tertiary alicyclic amines) is 1. The Labute approximate surface area is 162 Å². The molecule has 1 N–H and O–H groups in total. The molecule has 3 rings (SSSR count). The lowest BCUT2D eigenvalue weighted by molar-refractivity contribution is -0.134. The molecule has 1 aromatic rings. The number of hydrogen-bond acceptors (Lipinski definition) is 4. The molecule has 2 fully saturated rings. The molecular weight excluding hydrogens is 342 g/mol. The molecule has 2 amide bonds. The zero-order valence-electron chi connectivity index (χ0n) is 16.5. The van der Waals surface area contributed by atoms with Gasteiger partial charge in [-0.25, -0.2) is 0 Å². The van der Waals surface area contributed by atoms with Crippen LogP contribution in [0, 0.1) is 11.8 Å². The number of aromatic nitrogens is 1. The highest BCUT2D eigenvalue weighted by Crippen LogP contribution is 2.28. The Kier molecular flexibility index (Phi) is 7.30. The van der Waals surface area contributed by atoms with E-state index in [0.29, 0.717) is 36.5 Å². The molecule has 1 saturated carbocycles. The molecule has 1 aromatic heterocycles. The summed E-state index contributed by atoms with van der Waals surface area (Å²) in [5.74, 6) is 2.03. The van der Waals surface area contributed by atoms with Crippen molar-refractivity contribution >= 4 is 11.8 Å². The molecule has 0 bridgehead atoms. The average molecular weight is 376 g/mol. The van der Waals surface area contributed by atoms with E-state index in [2.05, 4.69) is 10.5 Å². The number of nitrogens with zero attached hydrogens (tertiary/aromatic N) is 2. The maximum Gasteiger partial charge on any atom is 0.222 e. The predicted molar refractivity (Wildman–Crippen MR) is 103 cm³/mol. The van der Waals surface area contributed by atoms with Crippen molar-refractivity contribution in [2.75, 3.05) is 13.1 Å². The van der Waals surface area contributed by atoms with Crippen LogP contribution in [0.5, 0.6) is 0 Å². The number of piperidine rings is 1. The summed E-state index contributed by atoms with van der Waals surface area (Å²) in [4.78, 5) is 26.7. The van der Waals surface area contributed by atoms with Crippen LogP contribution in [-0.2, 0) is 22.6 Å². The first-order valence-corrected chi connectivity index (χ1v) is 10.6. The van der Waals surface area contributed by atoms with Gasteiger partial charge < -0.3 is 14.7 Å². The number of carbonyl (C=O) groups is 2. The number of aryl methyl sites for hydroxylation is 1. The van der Waals surface area contributed by atoms with Gasteiger partial charge in [-0.2, -0.15) is 0 Å². The van der Waals surface area contributed by atoms with Crippen LogP contribution in [0.3, 0.4) is 0 Å². The Hall–Kier alpha value is -1.85. The molecule has 1 saturated heterocycles. The first kappa shape index (κ1) is 19.9. The molecule has 2 heterocycles. The maximum atomic E-state index is 12.5. The third-order valence-corrected chi connectivity index (χ3v) is 6.06. The van der Waals surface area contributed by atoms with E-state index in [1.807, 2.05) is 17.9 Å². The van der Waals surface area contributed by atoms with Crippen LogP contribution in [0.2, 0.25) is 0 Å². The van der Waals surface area contributed by atoms with Crippen molar-refractivity contribution in [2.45, 2.75) is 77.7 Å². The highest BCUT2D eigenvalue weighted by atomic mass is 16.5. The average Bonchev–Trinajstić information content (AvgIpc) is 3.16. The Balaban J connectivity index is 1.33. The smallest absolute Gasteiger partial charge is 0.222 e. The second-order valence-electron chi connectivity index (χ2n) is 8.15. The first-order valence-electron chi connectivity index (χ1n) is 10.6. The highest BCUT2D eigenvalue weighted by molar-refractivity contribution is 5.77. The summed E-state index contributed by atoms with van der Waals surface area (Å²) in [6.07, 6.45) is 10.2. The molecule has 0 aromatic carbocycles. The Morgan fingerprint density at radius 1 is 1.11 bits per heavy atom. The van der Waals surface area contributed by atoms with Gasteiger partial charge in [-0.15, -0.1) is 0 Å². The number of amides is 2. The highest BCUT2D eigenvalue weighted by Gasteiger charge is 2.26. The largest absolute Gasteiger partial charge is 0.359 e. The summed E-state index contributed by atoms with van der Waals surface area (Å²) in [6.45, 7) is 4.01. The minimum absolute atomic E-state index is 0.0523. The van der Waals surface area contributed by atoms with E-state index in [9.17, 15) is 9.59 Å². The number of rotatable bonds is 7. The number of hydrogen-bond donors (Lipinski definition) is 1. The molecule has 0 spiro atoms. The van der Waals surface area contributed by atoms with Gasteiger partial charge in [0.1, 0.15) is 0 Å². The molecule has 0 radical (unpaired) electrons. The van der Waals surface area contributed by atoms with Crippen molar-refractivity contribution < 1.29 is 14.1 Å². The molecule has 6 nitrogen and oxygen atoms in total. The van der Waals surface area contributed by atoms with Crippen LogP contribution in [0.4, 0.5) is 0 Å². The summed E-state index contributed by atoms with van der Waals surface area (Å²) in [6, 6.07) is 1.89. The summed E-state index contributed by atoms with van der Waals surface area (Å²) < 4.78 is 5.19. The number of carbonyl (C=O) groups excluding carboxylic acids is 2. The minimum atomic E-state index is 0.0523. The zero-order chi connectivity index (χ0) is 19.1. The minimum Gasteiger partial charge on any atom is -0.359 e. The SMILES string of the molecule is CCc1cc(CNC(=O)CC2CCN(C(=O)CC3CCCCC3)CC2)on1. The van der Waals surface area contributed by atoms with Crippen molar-refractivity contribution in [3.8, 4) is 0 Å². The van der Waals surface area contributed by atoms with Gasteiger partial charge in [0, 0.05) is 32.0 Å². The zero-order valence-corrected chi connectivity index (χ0v) is 16.5. The molecule has 0 atom stereocenters. The second kappa shape index (κ2) is 9.90. The van der Waals surface area contributed by atoms with Crippen molar-refractivity contribution in [3.63, 3.8) is 0 Å². The van der Waals surface area contributed by atoms with Gasteiger partial charge in [-0.1, -0.05) is 31.3 Å². The maximum absolute atomic E-state index is 12.5. The molecule has 1 aliphatic heterocycles. The Bertz CT molecular complexity index is 614. The van der Waals surface area contributed by atoms with Gasteiger partial charge >= 0.3 is 0 Å². The lowest BCUT2D eigenvalue weighted by Crippen LogP contribution is -2.40. The normalized spacial score (nSPS) is 19.2. The van der Waals surface area contributed by atoms with E-state index in [1.165, 1.54) is 32.1 Å². The lowest BCUT2D eigenvalue weighted by Gasteiger charge is -2.33. The van der Waals surface area contributed by atoms with Gasteiger partial charge in [-0.05, 0) is 43.9 Å². The summed E-state index contributed by atoms with van der Waals surface area (Å²) in [7, 11) is 0. The van der Waals surface area contributed by atoms with E-state index < -0.39 is 0 Å². The fourth-order valence-electron chi connectivity index (χ4n) is 4.28. The number of nitrogens with one attached hydrogen (secondary N) is 1. The van der Waals surface area contributed by atoms with Crippen molar-refractivity contribution in [2.24, 2.45) is 11.8 Å². The standard InChI is InChI=1S/C21H33N3O3/c1-2-18-14-19(27-23-18)15-22-20(25)12-17-8-10-24(11-9-17)21(26)13-16-6-4-3-5-7-16/h14,16-17H,2-13,15H2,1H3,(H,22,25). The van der Waals surface area contributed by atoms with Crippen molar-refractivity contribution in [1.82, 2.24) is 15.4 Å². The van der Waals surface area contributed by atoms with Gasteiger partial charge in [0.25, 0.3) is 0 Å². The summed E-state index contributed by atoms with van der Waals surface area (Å²) in [5.41, 5.74) is 0.907. The Morgan fingerprint density at radius 2 is 1.81 bits per heavy atom. The molecule has 27 heavy (non-hydrogen) atoms. The summed E-state index contributed by atoms with van der Waals surface area (Å²) in [5, 5.41) is 6.85. The van der Waals surface area contributed by atoms with Gasteiger partial charge in [0.2, 0.25) is 11.8 Å². The summed E-state index contributed by atoms with van der Waals surface area (Å²) >= 11 is 0. The van der Waals surface area contributed by atoms with Crippen LogP contribution in [0.1, 0.15) is 76.2 Å². The molecular formula is C21H33N3O3. The van der Waals surface area contributed by atoms with Gasteiger partial charge in [0.15, 0.2) is 5.76 Å². The monoisotopic (exact) mass is 375 g/mol. The molecule has 6 heteroatoms. The first-order chi connectivity index (χ1) is 13.1. The van der Waals surface area contributed by atoms with Crippen LogP contribution in [0.25, 0.3) is 0 Å². The quantitative estimate of drug-likeness (QED) is 0.792. The van der Waals surface area contributed by atoms with E-state index in [0.717, 1.165) is 44.5 Å². The van der Waals surface area contributed by atoms with E-state index in [-0.39, 0.29) is 5.91 Å². The topological polar surface area (TPSA) is 75.4 Å². The van der Waals surface area contributed by atoms with Crippen molar-refractivity contribution in [3.05, 3.63) is 17.5 Å².